The normalized spacial score (nSPS) is 30.5. The van der Waals surface area contributed by atoms with Crippen molar-refractivity contribution in [1.29, 1.82) is 0 Å². The molecule has 0 unspecified atom stereocenters. The van der Waals surface area contributed by atoms with Crippen LogP contribution in [0, 0.1) is 17.8 Å². The molecule has 0 spiro atoms. The SMILES string of the molecule is CC1CCC(C(=O)NC2CCC(CCN3CCN(c4nccc5c4OCC5)CC3)CC2)CC1. The molecule has 3 fully saturated rings. The average Bonchev–Trinajstić information content (AvgIpc) is 3.34. The summed E-state index contributed by atoms with van der Waals surface area (Å²) in [4.78, 5) is 22.3. The zero-order chi connectivity index (χ0) is 22.6. The van der Waals surface area contributed by atoms with Crippen LogP contribution in [0.5, 0.6) is 5.75 Å². The van der Waals surface area contributed by atoms with Crippen molar-refractivity contribution in [2.75, 3.05) is 44.2 Å². The summed E-state index contributed by atoms with van der Waals surface area (Å²) < 4.78 is 5.86. The molecule has 2 aliphatic heterocycles. The van der Waals surface area contributed by atoms with Gasteiger partial charge in [0.1, 0.15) is 0 Å². The molecule has 3 heterocycles. The standard InChI is InChI=1S/C27H42N4O2/c1-20-2-6-23(7-3-20)27(32)29-24-8-4-21(5-9-24)11-14-30-15-17-31(18-16-30)26-25-22(10-13-28-26)12-19-33-25/h10,13,20-21,23-24H,2-9,11-12,14-19H2,1H3,(H,29,32). The van der Waals surface area contributed by atoms with Crippen molar-refractivity contribution in [3.63, 3.8) is 0 Å². The van der Waals surface area contributed by atoms with E-state index < -0.39 is 0 Å². The molecule has 5 rings (SSSR count). The van der Waals surface area contributed by atoms with Crippen LogP contribution in [0.15, 0.2) is 12.3 Å². The Hall–Kier alpha value is -1.82. The number of hydrogen-bond acceptors (Lipinski definition) is 5. The number of carbonyl (C=O) groups is 1. The Morgan fingerprint density at radius 3 is 2.58 bits per heavy atom. The van der Waals surface area contributed by atoms with Crippen LogP contribution in [0.2, 0.25) is 0 Å². The molecule has 0 aromatic carbocycles. The van der Waals surface area contributed by atoms with Crippen LogP contribution in [-0.2, 0) is 11.2 Å². The molecule has 33 heavy (non-hydrogen) atoms. The predicted molar refractivity (Wildman–Crippen MR) is 132 cm³/mol. The molecular weight excluding hydrogens is 412 g/mol. The van der Waals surface area contributed by atoms with E-state index in [2.05, 4.69) is 33.1 Å². The number of fused-ring (bicyclic) bond motifs is 1. The Balaban J connectivity index is 0.993. The van der Waals surface area contributed by atoms with Gasteiger partial charge in [0.25, 0.3) is 0 Å². The minimum Gasteiger partial charge on any atom is -0.489 e. The van der Waals surface area contributed by atoms with E-state index in [9.17, 15) is 4.79 Å². The van der Waals surface area contributed by atoms with Gasteiger partial charge < -0.3 is 15.0 Å². The highest BCUT2D eigenvalue weighted by molar-refractivity contribution is 5.79. The lowest BCUT2D eigenvalue weighted by Gasteiger charge is -2.37. The molecule has 1 aromatic heterocycles. The first-order chi connectivity index (χ1) is 16.2. The average molecular weight is 455 g/mol. The van der Waals surface area contributed by atoms with Crippen LogP contribution < -0.4 is 15.0 Å². The van der Waals surface area contributed by atoms with E-state index in [1.165, 1.54) is 44.2 Å². The van der Waals surface area contributed by atoms with Crippen LogP contribution in [-0.4, -0.2) is 61.2 Å². The van der Waals surface area contributed by atoms with E-state index in [4.69, 9.17) is 4.74 Å². The minimum atomic E-state index is 0.274. The molecule has 1 amide bonds. The maximum Gasteiger partial charge on any atom is 0.223 e. The second-order valence-corrected chi connectivity index (χ2v) is 11.0. The lowest BCUT2D eigenvalue weighted by molar-refractivity contribution is -0.127. The molecule has 2 aliphatic carbocycles. The van der Waals surface area contributed by atoms with Crippen LogP contribution in [0.3, 0.4) is 0 Å². The summed E-state index contributed by atoms with van der Waals surface area (Å²) in [6.07, 6.45) is 13.7. The summed E-state index contributed by atoms with van der Waals surface area (Å²) in [5.74, 6) is 4.31. The number of carbonyl (C=O) groups excluding carboxylic acids is 1. The highest BCUT2D eigenvalue weighted by Gasteiger charge is 2.29. The first-order valence-electron chi connectivity index (χ1n) is 13.5. The summed E-state index contributed by atoms with van der Waals surface area (Å²) >= 11 is 0. The number of pyridine rings is 1. The van der Waals surface area contributed by atoms with Gasteiger partial charge in [0.2, 0.25) is 5.91 Å². The number of amides is 1. The molecule has 4 aliphatic rings. The minimum absolute atomic E-state index is 0.274. The van der Waals surface area contributed by atoms with E-state index in [1.807, 2.05) is 6.20 Å². The van der Waals surface area contributed by atoms with Crippen molar-refractivity contribution in [3.8, 4) is 5.75 Å². The molecule has 6 nitrogen and oxygen atoms in total. The van der Waals surface area contributed by atoms with Crippen molar-refractivity contribution in [1.82, 2.24) is 15.2 Å². The number of piperazine rings is 1. The number of nitrogens with one attached hydrogen (secondary N) is 1. The predicted octanol–water partition coefficient (Wildman–Crippen LogP) is 4.03. The van der Waals surface area contributed by atoms with E-state index in [0.717, 1.165) is 88.3 Å². The quantitative estimate of drug-likeness (QED) is 0.703. The van der Waals surface area contributed by atoms with Crippen molar-refractivity contribution in [2.45, 2.75) is 77.2 Å². The Kier molecular flexibility index (Phi) is 7.39. The molecule has 2 saturated carbocycles. The summed E-state index contributed by atoms with van der Waals surface area (Å²) in [5, 5.41) is 3.40. The van der Waals surface area contributed by atoms with Crippen LogP contribution in [0.4, 0.5) is 5.82 Å². The van der Waals surface area contributed by atoms with Crippen LogP contribution in [0.25, 0.3) is 0 Å². The smallest absolute Gasteiger partial charge is 0.223 e. The second-order valence-electron chi connectivity index (χ2n) is 11.0. The van der Waals surface area contributed by atoms with Gasteiger partial charge in [0, 0.05) is 56.3 Å². The first kappa shape index (κ1) is 22.9. The van der Waals surface area contributed by atoms with Crippen molar-refractivity contribution < 1.29 is 9.53 Å². The zero-order valence-electron chi connectivity index (χ0n) is 20.4. The fraction of sp³-hybridized carbons (Fsp3) is 0.778. The van der Waals surface area contributed by atoms with Gasteiger partial charge in [-0.3, -0.25) is 9.69 Å². The molecule has 0 radical (unpaired) electrons. The fourth-order valence-corrected chi connectivity index (χ4v) is 6.30. The van der Waals surface area contributed by atoms with Gasteiger partial charge in [-0.05, 0) is 82.2 Å². The Bertz CT molecular complexity index is 791. The van der Waals surface area contributed by atoms with E-state index in [-0.39, 0.29) is 5.92 Å². The van der Waals surface area contributed by atoms with E-state index >= 15 is 0 Å². The topological polar surface area (TPSA) is 57.7 Å². The number of hydrogen-bond donors (Lipinski definition) is 1. The molecule has 0 atom stereocenters. The lowest BCUT2D eigenvalue weighted by atomic mass is 9.81. The fourth-order valence-electron chi connectivity index (χ4n) is 6.30. The van der Waals surface area contributed by atoms with Gasteiger partial charge >= 0.3 is 0 Å². The number of aromatic nitrogens is 1. The zero-order valence-corrected chi connectivity index (χ0v) is 20.4. The number of rotatable bonds is 6. The third-order valence-corrected chi connectivity index (χ3v) is 8.69. The summed E-state index contributed by atoms with van der Waals surface area (Å²) in [7, 11) is 0. The molecular formula is C27H42N4O2. The largest absolute Gasteiger partial charge is 0.489 e. The lowest BCUT2D eigenvalue weighted by Crippen LogP contribution is -2.47. The molecule has 0 bridgehead atoms. The third kappa shape index (κ3) is 5.64. The van der Waals surface area contributed by atoms with Gasteiger partial charge in [-0.2, -0.15) is 0 Å². The summed E-state index contributed by atoms with van der Waals surface area (Å²) in [5.41, 5.74) is 1.31. The Labute approximate surface area is 199 Å². The maximum absolute atomic E-state index is 12.6. The molecule has 182 valence electrons. The number of anilines is 1. The van der Waals surface area contributed by atoms with Crippen LogP contribution in [0.1, 0.15) is 70.3 Å². The molecule has 1 saturated heterocycles. The van der Waals surface area contributed by atoms with Gasteiger partial charge in [0.15, 0.2) is 11.6 Å². The second kappa shape index (κ2) is 10.6. The van der Waals surface area contributed by atoms with Crippen molar-refractivity contribution in [3.05, 3.63) is 17.8 Å². The van der Waals surface area contributed by atoms with E-state index in [0.29, 0.717) is 11.9 Å². The molecule has 6 heteroatoms. The van der Waals surface area contributed by atoms with Crippen LogP contribution >= 0.6 is 0 Å². The van der Waals surface area contributed by atoms with Gasteiger partial charge in [-0.1, -0.05) is 6.92 Å². The highest BCUT2D eigenvalue weighted by Crippen LogP contribution is 2.35. The van der Waals surface area contributed by atoms with Gasteiger partial charge in [-0.25, -0.2) is 4.98 Å². The Morgan fingerprint density at radius 2 is 1.82 bits per heavy atom. The van der Waals surface area contributed by atoms with E-state index in [1.54, 1.807) is 0 Å². The number of nitrogens with zero attached hydrogens (tertiary/aromatic N) is 3. The Morgan fingerprint density at radius 1 is 1.06 bits per heavy atom. The highest BCUT2D eigenvalue weighted by atomic mass is 16.5. The molecule has 1 aromatic rings. The summed E-state index contributed by atoms with van der Waals surface area (Å²) in [6, 6.07) is 2.51. The van der Waals surface area contributed by atoms with Crippen molar-refractivity contribution >= 4 is 11.7 Å². The van der Waals surface area contributed by atoms with Gasteiger partial charge in [0.05, 0.1) is 6.61 Å². The summed E-state index contributed by atoms with van der Waals surface area (Å²) in [6.45, 7) is 8.59. The molecule has 1 N–H and O–H groups in total. The van der Waals surface area contributed by atoms with Crippen molar-refractivity contribution in [2.24, 2.45) is 17.8 Å². The van der Waals surface area contributed by atoms with Gasteiger partial charge in [-0.15, -0.1) is 0 Å². The third-order valence-electron chi connectivity index (χ3n) is 8.69. The monoisotopic (exact) mass is 454 g/mol. The first-order valence-corrected chi connectivity index (χ1v) is 13.5. The number of ether oxygens (including phenoxy) is 1. The maximum atomic E-state index is 12.6.